The average molecular weight is 285 g/mol. The van der Waals surface area contributed by atoms with E-state index in [4.69, 9.17) is 0 Å². The SMILES string of the molecule is C=C1NC(=O)CC[C@@H]1N1C(=O)C2C(C)=CC=CC2N=C1C. The largest absolute Gasteiger partial charge is 0.328 e. The molecular weight excluding hydrogens is 266 g/mol. The van der Waals surface area contributed by atoms with Gasteiger partial charge in [-0.1, -0.05) is 30.4 Å². The van der Waals surface area contributed by atoms with Gasteiger partial charge >= 0.3 is 0 Å². The van der Waals surface area contributed by atoms with Crippen molar-refractivity contribution in [3.8, 4) is 0 Å². The van der Waals surface area contributed by atoms with E-state index >= 15 is 0 Å². The molecule has 1 aliphatic carbocycles. The fraction of sp³-hybridized carbons (Fsp3) is 0.438. The summed E-state index contributed by atoms with van der Waals surface area (Å²) < 4.78 is 0. The minimum Gasteiger partial charge on any atom is -0.328 e. The van der Waals surface area contributed by atoms with Gasteiger partial charge in [-0.15, -0.1) is 0 Å². The zero-order chi connectivity index (χ0) is 15.1. The second-order valence-corrected chi connectivity index (χ2v) is 5.78. The first-order chi connectivity index (χ1) is 9.99. The Hall–Kier alpha value is -2.17. The molecule has 2 unspecified atom stereocenters. The number of fused-ring (bicyclic) bond motifs is 1. The molecule has 0 aromatic rings. The van der Waals surface area contributed by atoms with Crippen molar-refractivity contribution in [1.29, 1.82) is 0 Å². The number of amides is 2. The van der Waals surface area contributed by atoms with Crippen molar-refractivity contribution in [2.24, 2.45) is 10.9 Å². The molecule has 1 saturated heterocycles. The van der Waals surface area contributed by atoms with Crippen molar-refractivity contribution in [3.63, 3.8) is 0 Å². The molecule has 2 amide bonds. The number of nitrogens with zero attached hydrogens (tertiary/aromatic N) is 2. The number of rotatable bonds is 1. The number of carbonyl (C=O) groups excluding carboxylic acids is 2. The van der Waals surface area contributed by atoms with Crippen molar-refractivity contribution in [2.45, 2.75) is 38.8 Å². The lowest BCUT2D eigenvalue weighted by molar-refractivity contribution is -0.134. The minimum atomic E-state index is -0.232. The van der Waals surface area contributed by atoms with Crippen LogP contribution >= 0.6 is 0 Å². The van der Waals surface area contributed by atoms with Crippen molar-refractivity contribution in [1.82, 2.24) is 10.2 Å². The lowest BCUT2D eigenvalue weighted by Gasteiger charge is -2.42. The molecule has 0 saturated carbocycles. The summed E-state index contributed by atoms with van der Waals surface area (Å²) in [5.41, 5.74) is 1.61. The number of hydrogen-bond acceptors (Lipinski definition) is 3. The van der Waals surface area contributed by atoms with Gasteiger partial charge in [0.2, 0.25) is 11.8 Å². The van der Waals surface area contributed by atoms with Crippen LogP contribution in [0, 0.1) is 5.92 Å². The van der Waals surface area contributed by atoms with Crippen molar-refractivity contribution >= 4 is 17.6 Å². The van der Waals surface area contributed by atoms with Crippen LogP contribution in [0.15, 0.2) is 41.1 Å². The maximum atomic E-state index is 12.9. The third-order valence-electron chi connectivity index (χ3n) is 4.35. The van der Waals surface area contributed by atoms with E-state index in [1.807, 2.05) is 32.1 Å². The molecule has 5 nitrogen and oxygen atoms in total. The summed E-state index contributed by atoms with van der Waals surface area (Å²) in [5, 5.41) is 2.74. The summed E-state index contributed by atoms with van der Waals surface area (Å²) >= 11 is 0. The van der Waals surface area contributed by atoms with Gasteiger partial charge in [-0.2, -0.15) is 0 Å². The number of allylic oxidation sites excluding steroid dienone is 2. The third kappa shape index (κ3) is 2.22. The average Bonchev–Trinajstić information content (AvgIpc) is 2.40. The minimum absolute atomic E-state index is 0.0372. The Kier molecular flexibility index (Phi) is 3.27. The van der Waals surface area contributed by atoms with E-state index < -0.39 is 0 Å². The Balaban J connectivity index is 1.94. The van der Waals surface area contributed by atoms with Crippen LogP contribution in [0.25, 0.3) is 0 Å². The van der Waals surface area contributed by atoms with Gasteiger partial charge in [0.05, 0.1) is 18.0 Å². The molecule has 21 heavy (non-hydrogen) atoms. The highest BCUT2D eigenvalue weighted by Gasteiger charge is 2.42. The summed E-state index contributed by atoms with van der Waals surface area (Å²) in [6.45, 7) is 7.71. The monoisotopic (exact) mass is 285 g/mol. The summed E-state index contributed by atoms with van der Waals surface area (Å²) in [4.78, 5) is 30.7. The molecule has 3 atom stereocenters. The normalized spacial score (nSPS) is 32.4. The molecule has 3 aliphatic rings. The van der Waals surface area contributed by atoms with Crippen LogP contribution in [0.3, 0.4) is 0 Å². The third-order valence-corrected chi connectivity index (χ3v) is 4.35. The van der Waals surface area contributed by atoms with E-state index in [0.29, 0.717) is 24.4 Å². The van der Waals surface area contributed by atoms with Crippen LogP contribution in [0.2, 0.25) is 0 Å². The smallest absolute Gasteiger partial charge is 0.238 e. The molecule has 2 aliphatic heterocycles. The Morgan fingerprint density at radius 1 is 1.38 bits per heavy atom. The van der Waals surface area contributed by atoms with E-state index in [9.17, 15) is 9.59 Å². The summed E-state index contributed by atoms with van der Waals surface area (Å²) in [5.74, 6) is 0.477. The summed E-state index contributed by atoms with van der Waals surface area (Å²) in [6, 6.07) is -0.302. The maximum absolute atomic E-state index is 12.9. The number of hydrogen-bond donors (Lipinski definition) is 1. The number of piperidine rings is 1. The van der Waals surface area contributed by atoms with Crippen molar-refractivity contribution in [2.75, 3.05) is 0 Å². The first-order valence-electron chi connectivity index (χ1n) is 7.20. The van der Waals surface area contributed by atoms with Gasteiger partial charge in [-0.3, -0.25) is 19.5 Å². The molecule has 1 fully saturated rings. The van der Waals surface area contributed by atoms with Crippen LogP contribution in [0.1, 0.15) is 26.7 Å². The van der Waals surface area contributed by atoms with Gasteiger partial charge in [-0.05, 0) is 20.3 Å². The Morgan fingerprint density at radius 2 is 2.14 bits per heavy atom. The predicted molar refractivity (Wildman–Crippen MR) is 80.4 cm³/mol. The van der Waals surface area contributed by atoms with E-state index in [-0.39, 0.29) is 29.8 Å². The fourth-order valence-electron chi connectivity index (χ4n) is 3.28. The number of carbonyl (C=O) groups is 2. The first-order valence-corrected chi connectivity index (χ1v) is 7.20. The molecule has 0 aromatic carbocycles. The van der Waals surface area contributed by atoms with Crippen molar-refractivity contribution < 1.29 is 9.59 Å². The second-order valence-electron chi connectivity index (χ2n) is 5.78. The van der Waals surface area contributed by atoms with Gasteiger partial charge < -0.3 is 5.32 Å². The molecule has 1 N–H and O–H groups in total. The lowest BCUT2D eigenvalue weighted by Crippen LogP contribution is -2.56. The number of aliphatic imine (C=N–C) groups is 1. The van der Waals surface area contributed by atoms with E-state index in [0.717, 1.165) is 5.57 Å². The zero-order valence-corrected chi connectivity index (χ0v) is 12.3. The summed E-state index contributed by atoms with van der Waals surface area (Å²) in [7, 11) is 0. The molecule has 110 valence electrons. The quantitative estimate of drug-likeness (QED) is 0.794. The van der Waals surface area contributed by atoms with Crippen LogP contribution in [0.4, 0.5) is 0 Å². The van der Waals surface area contributed by atoms with Gasteiger partial charge in [-0.25, -0.2) is 0 Å². The Labute approximate surface area is 124 Å². The highest BCUT2D eigenvalue weighted by atomic mass is 16.2. The maximum Gasteiger partial charge on any atom is 0.238 e. The number of amidine groups is 1. The van der Waals surface area contributed by atoms with Crippen molar-refractivity contribution in [3.05, 3.63) is 36.1 Å². The Bertz CT molecular complexity index is 615. The predicted octanol–water partition coefficient (Wildman–Crippen LogP) is 1.54. The first kappa shape index (κ1) is 13.8. The second kappa shape index (κ2) is 4.98. The van der Waals surface area contributed by atoms with Crippen LogP contribution in [0.5, 0.6) is 0 Å². The summed E-state index contributed by atoms with van der Waals surface area (Å²) in [6.07, 6.45) is 6.89. The molecule has 0 bridgehead atoms. The molecule has 0 radical (unpaired) electrons. The molecule has 3 rings (SSSR count). The zero-order valence-electron chi connectivity index (χ0n) is 12.3. The van der Waals surface area contributed by atoms with Crippen LogP contribution in [-0.2, 0) is 9.59 Å². The van der Waals surface area contributed by atoms with Gasteiger partial charge in [0.15, 0.2) is 0 Å². The topological polar surface area (TPSA) is 61.8 Å². The van der Waals surface area contributed by atoms with E-state index in [1.165, 1.54) is 0 Å². The van der Waals surface area contributed by atoms with Gasteiger partial charge in [0, 0.05) is 12.1 Å². The molecule has 5 heteroatoms. The van der Waals surface area contributed by atoms with Crippen LogP contribution in [-0.4, -0.2) is 34.6 Å². The molecule has 0 aromatic heterocycles. The van der Waals surface area contributed by atoms with Crippen LogP contribution < -0.4 is 5.32 Å². The van der Waals surface area contributed by atoms with E-state index in [2.05, 4.69) is 16.9 Å². The molecular formula is C16H19N3O2. The lowest BCUT2D eigenvalue weighted by atomic mass is 9.85. The fourth-order valence-corrected chi connectivity index (χ4v) is 3.28. The highest BCUT2D eigenvalue weighted by Crippen LogP contribution is 2.32. The van der Waals surface area contributed by atoms with Gasteiger partial charge in [0.25, 0.3) is 0 Å². The number of nitrogens with one attached hydrogen (secondary N) is 1. The molecule has 2 heterocycles. The Morgan fingerprint density at radius 3 is 2.86 bits per heavy atom. The standard InChI is InChI=1S/C16H19N3O2/c1-9-5-4-6-12-15(9)16(21)19(11(3)18-12)13-7-8-14(20)17-10(13)2/h4-6,12-13,15H,2,7-8H2,1,3H3,(H,17,20)/t12?,13-,15?/m0/s1. The highest BCUT2D eigenvalue weighted by molar-refractivity contribution is 6.02. The van der Waals surface area contributed by atoms with E-state index in [1.54, 1.807) is 4.90 Å². The molecule has 0 spiro atoms. The van der Waals surface area contributed by atoms with Gasteiger partial charge in [0.1, 0.15) is 5.84 Å².